The van der Waals surface area contributed by atoms with Gasteiger partial charge in [0.25, 0.3) is 0 Å². The van der Waals surface area contributed by atoms with Crippen molar-refractivity contribution < 1.29 is 9.53 Å². The minimum absolute atomic E-state index is 0.160. The molecule has 1 N–H and O–H groups in total. The molecule has 0 saturated carbocycles. The number of rotatable bonds is 8. The normalized spacial score (nSPS) is 18.8. The predicted octanol–water partition coefficient (Wildman–Crippen LogP) is 2.05. The molecule has 21 heavy (non-hydrogen) atoms. The fraction of sp³-hybridized carbons (Fsp3) is 0.588. The first-order chi connectivity index (χ1) is 10.3. The molecule has 1 aromatic carbocycles. The van der Waals surface area contributed by atoms with Crippen LogP contribution in [0.3, 0.4) is 0 Å². The Bertz CT molecular complexity index is 422. The minimum Gasteiger partial charge on any atom is -0.377 e. The lowest BCUT2D eigenvalue weighted by atomic mass is 10.1. The second kappa shape index (κ2) is 8.80. The van der Waals surface area contributed by atoms with Crippen LogP contribution in [0.15, 0.2) is 30.3 Å². The lowest BCUT2D eigenvalue weighted by Crippen LogP contribution is -2.25. The number of amides is 1. The van der Waals surface area contributed by atoms with E-state index < -0.39 is 0 Å². The molecule has 1 fully saturated rings. The molecule has 1 unspecified atom stereocenters. The second-order valence-corrected chi connectivity index (χ2v) is 5.72. The van der Waals surface area contributed by atoms with E-state index in [1.165, 1.54) is 5.56 Å². The third-order valence-electron chi connectivity index (χ3n) is 4.00. The molecule has 116 valence electrons. The summed E-state index contributed by atoms with van der Waals surface area (Å²) in [5.74, 6) is 0.684. The number of carbonyl (C=O) groups excluding carboxylic acids is 1. The fourth-order valence-corrected chi connectivity index (χ4v) is 2.80. The second-order valence-electron chi connectivity index (χ2n) is 5.72. The zero-order valence-corrected chi connectivity index (χ0v) is 12.9. The third kappa shape index (κ3) is 5.86. The monoisotopic (exact) mass is 290 g/mol. The molecule has 1 saturated heterocycles. The molecular weight excluding hydrogens is 264 g/mol. The molecule has 1 aliphatic heterocycles. The molecule has 0 aromatic heterocycles. The smallest absolute Gasteiger partial charge is 0.220 e. The maximum absolute atomic E-state index is 11.4. The van der Waals surface area contributed by atoms with Crippen LogP contribution in [0.5, 0.6) is 0 Å². The van der Waals surface area contributed by atoms with Crippen molar-refractivity contribution in [1.82, 2.24) is 10.2 Å². The number of hydrogen-bond donors (Lipinski definition) is 1. The summed E-state index contributed by atoms with van der Waals surface area (Å²) in [4.78, 5) is 13.8. The van der Waals surface area contributed by atoms with Gasteiger partial charge < -0.3 is 15.0 Å². The Hall–Kier alpha value is -1.39. The summed E-state index contributed by atoms with van der Waals surface area (Å²) in [6.07, 6.45) is 2.86. The zero-order valence-electron chi connectivity index (χ0n) is 12.9. The molecule has 4 heteroatoms. The molecule has 1 amide bonds. The van der Waals surface area contributed by atoms with E-state index >= 15 is 0 Å². The lowest BCUT2D eigenvalue weighted by Gasteiger charge is -2.15. The Morgan fingerprint density at radius 2 is 2.19 bits per heavy atom. The Morgan fingerprint density at radius 3 is 2.95 bits per heavy atom. The van der Waals surface area contributed by atoms with Crippen LogP contribution in [-0.2, 0) is 16.1 Å². The van der Waals surface area contributed by atoms with Gasteiger partial charge in [0, 0.05) is 33.2 Å². The first-order valence-electron chi connectivity index (χ1n) is 7.82. The van der Waals surface area contributed by atoms with Gasteiger partial charge in [-0.05, 0) is 30.9 Å². The van der Waals surface area contributed by atoms with Crippen LogP contribution < -0.4 is 5.32 Å². The van der Waals surface area contributed by atoms with Gasteiger partial charge in [0.1, 0.15) is 0 Å². The maximum Gasteiger partial charge on any atom is 0.220 e. The van der Waals surface area contributed by atoms with E-state index in [0.29, 0.717) is 18.9 Å². The summed E-state index contributed by atoms with van der Waals surface area (Å²) < 4.78 is 5.70. The van der Waals surface area contributed by atoms with E-state index in [0.717, 1.165) is 39.1 Å². The van der Waals surface area contributed by atoms with E-state index in [9.17, 15) is 4.79 Å². The Balaban J connectivity index is 1.53. The van der Waals surface area contributed by atoms with Crippen molar-refractivity contribution in [2.75, 3.05) is 33.3 Å². The average molecular weight is 290 g/mol. The topological polar surface area (TPSA) is 41.6 Å². The maximum atomic E-state index is 11.4. The van der Waals surface area contributed by atoms with Crippen molar-refractivity contribution in [1.29, 1.82) is 0 Å². The average Bonchev–Trinajstić information content (AvgIpc) is 2.95. The number of carbonyl (C=O) groups is 1. The molecule has 2 rings (SSSR count). The van der Waals surface area contributed by atoms with Gasteiger partial charge in [-0.3, -0.25) is 4.79 Å². The van der Waals surface area contributed by atoms with Crippen molar-refractivity contribution in [3.8, 4) is 0 Å². The fourth-order valence-electron chi connectivity index (χ4n) is 2.80. The van der Waals surface area contributed by atoms with Crippen molar-refractivity contribution in [3.05, 3.63) is 35.9 Å². The van der Waals surface area contributed by atoms with Gasteiger partial charge in [-0.15, -0.1) is 0 Å². The standard InChI is InChI=1S/C17H26N2O2/c1-18-17(20)12-16-8-10-19(13-16)9-5-11-21-14-15-6-3-2-4-7-15/h2-4,6-7,16H,5,8-14H2,1H3,(H,18,20). The molecule has 0 radical (unpaired) electrons. The SMILES string of the molecule is CNC(=O)CC1CCN(CCCOCc2ccccc2)C1. The van der Waals surface area contributed by atoms with Crippen LogP contribution in [0, 0.1) is 5.92 Å². The van der Waals surface area contributed by atoms with Gasteiger partial charge in [0.15, 0.2) is 0 Å². The first-order valence-corrected chi connectivity index (χ1v) is 7.82. The minimum atomic E-state index is 0.160. The number of nitrogens with zero attached hydrogens (tertiary/aromatic N) is 1. The Labute approximate surface area is 127 Å². The predicted molar refractivity (Wildman–Crippen MR) is 83.9 cm³/mol. The molecule has 1 atom stereocenters. The highest BCUT2D eigenvalue weighted by Gasteiger charge is 2.23. The zero-order chi connectivity index (χ0) is 14.9. The highest BCUT2D eigenvalue weighted by atomic mass is 16.5. The van der Waals surface area contributed by atoms with Gasteiger partial charge in [-0.2, -0.15) is 0 Å². The van der Waals surface area contributed by atoms with Crippen LogP contribution >= 0.6 is 0 Å². The largest absolute Gasteiger partial charge is 0.377 e. The van der Waals surface area contributed by atoms with Crippen LogP contribution in [-0.4, -0.2) is 44.1 Å². The van der Waals surface area contributed by atoms with E-state index in [4.69, 9.17) is 4.74 Å². The summed E-state index contributed by atoms with van der Waals surface area (Å²) >= 11 is 0. The van der Waals surface area contributed by atoms with Gasteiger partial charge in [0.05, 0.1) is 6.61 Å². The first kappa shape index (κ1) is 16.0. The van der Waals surface area contributed by atoms with Crippen molar-refractivity contribution in [2.45, 2.75) is 25.9 Å². The van der Waals surface area contributed by atoms with Crippen molar-refractivity contribution >= 4 is 5.91 Å². The van der Waals surface area contributed by atoms with Crippen molar-refractivity contribution in [3.63, 3.8) is 0 Å². The summed E-state index contributed by atoms with van der Waals surface area (Å²) in [6.45, 7) is 4.72. The summed E-state index contributed by atoms with van der Waals surface area (Å²) in [6, 6.07) is 10.3. The molecule has 0 bridgehead atoms. The summed E-state index contributed by atoms with van der Waals surface area (Å²) in [7, 11) is 1.71. The van der Waals surface area contributed by atoms with E-state index in [1.54, 1.807) is 7.05 Å². The molecule has 4 nitrogen and oxygen atoms in total. The van der Waals surface area contributed by atoms with Crippen LogP contribution in [0.2, 0.25) is 0 Å². The number of hydrogen-bond acceptors (Lipinski definition) is 3. The van der Waals surface area contributed by atoms with Gasteiger partial charge >= 0.3 is 0 Å². The summed E-state index contributed by atoms with van der Waals surface area (Å²) in [5.41, 5.74) is 1.23. The lowest BCUT2D eigenvalue weighted by molar-refractivity contribution is -0.121. The Kier molecular flexibility index (Phi) is 6.70. The van der Waals surface area contributed by atoms with E-state index in [1.807, 2.05) is 18.2 Å². The van der Waals surface area contributed by atoms with E-state index in [-0.39, 0.29) is 5.91 Å². The molecular formula is C17H26N2O2. The number of ether oxygens (including phenoxy) is 1. The van der Waals surface area contributed by atoms with Gasteiger partial charge in [-0.1, -0.05) is 30.3 Å². The molecule has 1 aliphatic rings. The van der Waals surface area contributed by atoms with Gasteiger partial charge in [0.2, 0.25) is 5.91 Å². The molecule has 1 heterocycles. The molecule has 0 spiro atoms. The van der Waals surface area contributed by atoms with Gasteiger partial charge in [-0.25, -0.2) is 0 Å². The Morgan fingerprint density at radius 1 is 1.38 bits per heavy atom. The van der Waals surface area contributed by atoms with Crippen LogP contribution in [0.4, 0.5) is 0 Å². The number of benzene rings is 1. The number of nitrogens with one attached hydrogen (secondary N) is 1. The molecule has 1 aromatic rings. The highest BCUT2D eigenvalue weighted by Crippen LogP contribution is 2.19. The number of likely N-dealkylation sites (tertiary alicyclic amines) is 1. The van der Waals surface area contributed by atoms with Crippen molar-refractivity contribution in [2.24, 2.45) is 5.92 Å². The van der Waals surface area contributed by atoms with Crippen LogP contribution in [0.1, 0.15) is 24.8 Å². The molecule has 0 aliphatic carbocycles. The third-order valence-corrected chi connectivity index (χ3v) is 4.00. The highest BCUT2D eigenvalue weighted by molar-refractivity contribution is 5.75. The summed E-state index contributed by atoms with van der Waals surface area (Å²) in [5, 5.41) is 2.70. The quantitative estimate of drug-likeness (QED) is 0.745. The van der Waals surface area contributed by atoms with Crippen LogP contribution in [0.25, 0.3) is 0 Å². The van der Waals surface area contributed by atoms with E-state index in [2.05, 4.69) is 22.3 Å².